The summed E-state index contributed by atoms with van der Waals surface area (Å²) < 4.78 is 10.2. The van der Waals surface area contributed by atoms with Gasteiger partial charge < -0.3 is 14.8 Å². The number of nitrogens with one attached hydrogen (secondary N) is 1. The minimum Gasteiger partial charge on any atom is -0.494 e. The molecule has 0 unspecified atom stereocenters. The molecule has 1 N–H and O–H groups in total. The summed E-state index contributed by atoms with van der Waals surface area (Å²) in [5, 5.41) is 2.71. The van der Waals surface area contributed by atoms with Gasteiger partial charge in [-0.15, -0.1) is 0 Å². The van der Waals surface area contributed by atoms with E-state index < -0.39 is 5.24 Å². The van der Waals surface area contributed by atoms with Gasteiger partial charge in [-0.1, -0.05) is 0 Å². The van der Waals surface area contributed by atoms with Crippen LogP contribution in [0.25, 0.3) is 0 Å². The Morgan fingerprint density at radius 1 is 1.33 bits per heavy atom. The van der Waals surface area contributed by atoms with Crippen LogP contribution >= 0.6 is 11.6 Å². The standard InChI is InChI=1S/C9H9ClO2.C4H9NO/c1-2-12-8-5-3-7(4-6-8)9(10)11;1-3-6-4-2-5-1/h3-6H,2H2,1H3;5H,1-4H2. The molecule has 0 aliphatic carbocycles. The van der Waals surface area contributed by atoms with Crippen molar-refractivity contribution in [3.63, 3.8) is 0 Å². The van der Waals surface area contributed by atoms with Gasteiger partial charge in [0.25, 0.3) is 5.24 Å². The lowest BCUT2D eigenvalue weighted by Crippen LogP contribution is -2.30. The molecule has 0 saturated carbocycles. The van der Waals surface area contributed by atoms with Crippen molar-refractivity contribution in [3.05, 3.63) is 29.8 Å². The van der Waals surface area contributed by atoms with Crippen molar-refractivity contribution in [2.45, 2.75) is 6.92 Å². The van der Waals surface area contributed by atoms with Crippen molar-refractivity contribution in [1.82, 2.24) is 5.32 Å². The number of morpholine rings is 1. The van der Waals surface area contributed by atoms with Crippen molar-refractivity contribution in [2.75, 3.05) is 32.9 Å². The zero-order valence-corrected chi connectivity index (χ0v) is 11.2. The van der Waals surface area contributed by atoms with Gasteiger partial charge in [0.1, 0.15) is 5.75 Å². The minimum atomic E-state index is -0.446. The molecule has 1 heterocycles. The maximum atomic E-state index is 10.6. The third kappa shape index (κ3) is 6.00. The second-order valence-corrected chi connectivity index (χ2v) is 3.94. The van der Waals surface area contributed by atoms with E-state index in [-0.39, 0.29) is 0 Å². The van der Waals surface area contributed by atoms with Crippen LogP contribution in [-0.2, 0) is 4.74 Å². The first-order valence-electron chi connectivity index (χ1n) is 5.95. The van der Waals surface area contributed by atoms with Crippen LogP contribution in [0.1, 0.15) is 17.3 Å². The first kappa shape index (κ1) is 15.0. The Balaban J connectivity index is 0.000000225. The molecule has 0 radical (unpaired) electrons. The van der Waals surface area contributed by atoms with Gasteiger partial charge in [0, 0.05) is 18.7 Å². The van der Waals surface area contributed by atoms with Crippen LogP contribution in [-0.4, -0.2) is 38.2 Å². The van der Waals surface area contributed by atoms with Crippen molar-refractivity contribution >= 4 is 16.8 Å². The highest BCUT2D eigenvalue weighted by atomic mass is 35.5. The van der Waals surface area contributed by atoms with E-state index in [2.05, 4.69) is 5.32 Å². The van der Waals surface area contributed by atoms with Crippen molar-refractivity contribution in [3.8, 4) is 5.75 Å². The van der Waals surface area contributed by atoms with E-state index >= 15 is 0 Å². The zero-order valence-electron chi connectivity index (χ0n) is 10.4. The lowest BCUT2D eigenvalue weighted by Gasteiger charge is -2.10. The van der Waals surface area contributed by atoms with Gasteiger partial charge in [-0.25, -0.2) is 0 Å². The van der Waals surface area contributed by atoms with E-state index in [0.717, 1.165) is 32.1 Å². The van der Waals surface area contributed by atoms with Crippen LogP contribution in [0.5, 0.6) is 5.75 Å². The summed E-state index contributed by atoms with van der Waals surface area (Å²) in [7, 11) is 0. The van der Waals surface area contributed by atoms with Crippen LogP contribution in [0.2, 0.25) is 0 Å². The molecule has 0 atom stereocenters. The SMILES string of the molecule is C1COCCN1.CCOc1ccc(C(=O)Cl)cc1. The van der Waals surface area contributed by atoms with E-state index in [1.807, 2.05) is 6.92 Å². The van der Waals surface area contributed by atoms with Crippen LogP contribution in [0.4, 0.5) is 0 Å². The molecule has 0 bridgehead atoms. The fourth-order valence-corrected chi connectivity index (χ4v) is 1.49. The third-order valence-electron chi connectivity index (χ3n) is 2.24. The average Bonchev–Trinajstić information content (AvgIpc) is 2.42. The maximum absolute atomic E-state index is 10.6. The first-order valence-corrected chi connectivity index (χ1v) is 6.33. The van der Waals surface area contributed by atoms with Crippen LogP contribution < -0.4 is 10.1 Å². The molecule has 100 valence electrons. The van der Waals surface area contributed by atoms with Crippen LogP contribution in [0.15, 0.2) is 24.3 Å². The van der Waals surface area contributed by atoms with Crippen molar-refractivity contribution in [2.24, 2.45) is 0 Å². The number of rotatable bonds is 3. The molecule has 1 aliphatic rings. The minimum absolute atomic E-state index is 0.446. The molecule has 2 rings (SSSR count). The Bertz CT molecular complexity index is 338. The quantitative estimate of drug-likeness (QED) is 0.855. The molecule has 5 heteroatoms. The molecular formula is C13H18ClNO3. The summed E-state index contributed by atoms with van der Waals surface area (Å²) in [5.41, 5.74) is 0.486. The summed E-state index contributed by atoms with van der Waals surface area (Å²) in [4.78, 5) is 10.6. The Labute approximate surface area is 112 Å². The van der Waals surface area contributed by atoms with Gasteiger partial charge in [-0.3, -0.25) is 4.79 Å². The predicted octanol–water partition coefficient (Wildman–Crippen LogP) is 2.07. The summed E-state index contributed by atoms with van der Waals surface area (Å²) in [6.07, 6.45) is 0. The fourth-order valence-electron chi connectivity index (χ4n) is 1.36. The molecule has 1 aliphatic heterocycles. The Kier molecular flexibility index (Phi) is 7.41. The second kappa shape index (κ2) is 8.91. The molecule has 1 aromatic rings. The lowest BCUT2D eigenvalue weighted by molar-refractivity contribution is 0.108. The molecule has 0 aromatic heterocycles. The van der Waals surface area contributed by atoms with Gasteiger partial charge in [0.15, 0.2) is 0 Å². The van der Waals surface area contributed by atoms with Crippen LogP contribution in [0, 0.1) is 0 Å². The van der Waals surface area contributed by atoms with Gasteiger partial charge in [0.05, 0.1) is 19.8 Å². The molecule has 1 aromatic carbocycles. The number of ether oxygens (including phenoxy) is 2. The average molecular weight is 272 g/mol. The van der Waals surface area contributed by atoms with Gasteiger partial charge in [-0.05, 0) is 42.8 Å². The van der Waals surface area contributed by atoms with Gasteiger partial charge in [0.2, 0.25) is 0 Å². The van der Waals surface area contributed by atoms with Crippen LogP contribution in [0.3, 0.4) is 0 Å². The van der Waals surface area contributed by atoms with Gasteiger partial charge in [-0.2, -0.15) is 0 Å². The Morgan fingerprint density at radius 3 is 2.28 bits per heavy atom. The lowest BCUT2D eigenvalue weighted by atomic mass is 10.2. The molecule has 1 fully saturated rings. The molecule has 18 heavy (non-hydrogen) atoms. The normalized spacial score (nSPS) is 14.3. The molecule has 1 saturated heterocycles. The van der Waals surface area contributed by atoms with E-state index in [4.69, 9.17) is 21.1 Å². The molecular weight excluding hydrogens is 254 g/mol. The number of hydrogen-bond donors (Lipinski definition) is 1. The Hall–Kier alpha value is -1.10. The highest BCUT2D eigenvalue weighted by Crippen LogP contribution is 2.13. The summed E-state index contributed by atoms with van der Waals surface area (Å²) in [6.45, 7) is 6.36. The number of carbonyl (C=O) groups is 1. The molecule has 4 nitrogen and oxygen atoms in total. The topological polar surface area (TPSA) is 47.6 Å². The fraction of sp³-hybridized carbons (Fsp3) is 0.462. The Morgan fingerprint density at radius 2 is 1.94 bits per heavy atom. The maximum Gasteiger partial charge on any atom is 0.252 e. The number of halogens is 1. The van der Waals surface area contributed by atoms with Gasteiger partial charge >= 0.3 is 0 Å². The molecule has 0 spiro atoms. The zero-order chi connectivity index (χ0) is 13.2. The smallest absolute Gasteiger partial charge is 0.252 e. The van der Waals surface area contributed by atoms with E-state index in [9.17, 15) is 4.79 Å². The van der Waals surface area contributed by atoms with E-state index in [1.54, 1.807) is 24.3 Å². The predicted molar refractivity (Wildman–Crippen MR) is 71.5 cm³/mol. The van der Waals surface area contributed by atoms with Crippen molar-refractivity contribution in [1.29, 1.82) is 0 Å². The highest BCUT2D eigenvalue weighted by molar-refractivity contribution is 6.67. The molecule has 0 amide bonds. The monoisotopic (exact) mass is 271 g/mol. The third-order valence-corrected chi connectivity index (χ3v) is 2.46. The number of hydrogen-bond acceptors (Lipinski definition) is 4. The number of carbonyl (C=O) groups excluding carboxylic acids is 1. The highest BCUT2D eigenvalue weighted by Gasteiger charge is 2.00. The van der Waals surface area contributed by atoms with E-state index in [1.165, 1.54) is 0 Å². The summed E-state index contributed by atoms with van der Waals surface area (Å²) in [5.74, 6) is 0.749. The summed E-state index contributed by atoms with van der Waals surface area (Å²) in [6, 6.07) is 6.72. The second-order valence-electron chi connectivity index (χ2n) is 3.59. The largest absolute Gasteiger partial charge is 0.494 e. The first-order chi connectivity index (χ1) is 8.74. The summed E-state index contributed by atoms with van der Waals surface area (Å²) >= 11 is 5.25. The van der Waals surface area contributed by atoms with Crippen molar-refractivity contribution < 1.29 is 14.3 Å². The van der Waals surface area contributed by atoms with E-state index in [0.29, 0.717) is 12.2 Å². The number of benzene rings is 1.